The second kappa shape index (κ2) is 8.55. The minimum absolute atomic E-state index is 0.0452. The molecule has 1 aromatic heterocycles. The summed E-state index contributed by atoms with van der Waals surface area (Å²) < 4.78 is 6.77. The normalized spacial score (nSPS) is 10.9. The van der Waals surface area contributed by atoms with Crippen LogP contribution in [0.25, 0.3) is 5.69 Å². The largest absolute Gasteiger partial charge is 0.462 e. The molecule has 0 aliphatic carbocycles. The fourth-order valence-corrected chi connectivity index (χ4v) is 3.61. The highest BCUT2D eigenvalue weighted by atomic mass is 79.9. The maximum absolute atomic E-state index is 12.3. The first-order chi connectivity index (χ1) is 12.6. The molecular formula is C18H16Br2N4O2. The molecule has 2 aromatic carbocycles. The van der Waals surface area contributed by atoms with Crippen molar-refractivity contribution in [2.45, 2.75) is 17.1 Å². The van der Waals surface area contributed by atoms with Crippen LogP contribution in [0.2, 0.25) is 0 Å². The number of carbonyl (C=O) groups excluding carboxylic acids is 1. The number of benzene rings is 2. The molecule has 0 aliphatic rings. The Balaban J connectivity index is 2.09. The molecule has 0 radical (unpaired) electrons. The monoisotopic (exact) mass is 478 g/mol. The second-order valence-corrected chi connectivity index (χ2v) is 8.51. The molecule has 0 spiro atoms. The Labute approximate surface area is 167 Å². The Morgan fingerprint density at radius 2 is 2.00 bits per heavy atom. The Kier molecular flexibility index (Phi) is 6.16. The van der Waals surface area contributed by atoms with E-state index in [-0.39, 0.29) is 9.71 Å². The van der Waals surface area contributed by atoms with Crippen LogP contribution in [0.3, 0.4) is 0 Å². The van der Waals surface area contributed by atoms with Crippen LogP contribution >= 0.6 is 31.9 Å². The Morgan fingerprint density at radius 1 is 1.19 bits per heavy atom. The van der Waals surface area contributed by atoms with Crippen molar-refractivity contribution in [2.75, 3.05) is 6.61 Å². The minimum atomic E-state index is -0.321. The summed E-state index contributed by atoms with van der Waals surface area (Å²) in [4.78, 5) is 12.3. The lowest BCUT2D eigenvalue weighted by atomic mass is 9.95. The SMILES string of the molecule is CCOC(=O)c1ccccc1Cc1c(C(Br)Br)cccc1-n1cnnn1. The van der Waals surface area contributed by atoms with Crippen molar-refractivity contribution in [3.05, 3.63) is 71.0 Å². The third-order valence-corrected chi connectivity index (χ3v) is 4.88. The molecule has 0 fully saturated rings. The van der Waals surface area contributed by atoms with E-state index in [0.717, 1.165) is 22.4 Å². The number of nitrogens with zero attached hydrogens (tertiary/aromatic N) is 4. The van der Waals surface area contributed by atoms with Gasteiger partial charge in [0.05, 0.1) is 21.6 Å². The van der Waals surface area contributed by atoms with Crippen molar-refractivity contribution >= 4 is 37.8 Å². The first-order valence-corrected chi connectivity index (χ1v) is 9.83. The first kappa shape index (κ1) is 18.7. The van der Waals surface area contributed by atoms with Gasteiger partial charge in [-0.05, 0) is 46.2 Å². The number of rotatable bonds is 6. The van der Waals surface area contributed by atoms with Gasteiger partial charge in [0.1, 0.15) is 6.33 Å². The molecule has 26 heavy (non-hydrogen) atoms. The average Bonchev–Trinajstić information content (AvgIpc) is 3.17. The zero-order valence-corrected chi connectivity index (χ0v) is 17.1. The number of ether oxygens (including phenoxy) is 1. The molecule has 6 nitrogen and oxygen atoms in total. The van der Waals surface area contributed by atoms with Crippen LogP contribution in [0.1, 0.15) is 37.7 Å². The van der Waals surface area contributed by atoms with Crippen molar-refractivity contribution in [2.24, 2.45) is 0 Å². The third kappa shape index (κ3) is 4.02. The van der Waals surface area contributed by atoms with Crippen molar-refractivity contribution in [3.63, 3.8) is 0 Å². The summed E-state index contributed by atoms with van der Waals surface area (Å²) in [7, 11) is 0. The molecule has 0 unspecified atom stereocenters. The number of halogens is 2. The molecule has 0 saturated heterocycles. The van der Waals surface area contributed by atoms with Gasteiger partial charge in [-0.15, -0.1) is 5.10 Å². The molecule has 3 aromatic rings. The van der Waals surface area contributed by atoms with Gasteiger partial charge in [0.25, 0.3) is 0 Å². The smallest absolute Gasteiger partial charge is 0.338 e. The lowest BCUT2D eigenvalue weighted by Gasteiger charge is -2.17. The zero-order chi connectivity index (χ0) is 18.5. The summed E-state index contributed by atoms with van der Waals surface area (Å²) in [6.45, 7) is 2.14. The Morgan fingerprint density at radius 3 is 2.69 bits per heavy atom. The van der Waals surface area contributed by atoms with Crippen LogP contribution in [-0.4, -0.2) is 32.8 Å². The predicted octanol–water partition coefficient (Wildman–Crippen LogP) is 4.22. The Bertz CT molecular complexity index is 898. The highest BCUT2D eigenvalue weighted by Crippen LogP contribution is 2.35. The number of alkyl halides is 2. The van der Waals surface area contributed by atoms with Crippen molar-refractivity contribution < 1.29 is 9.53 Å². The van der Waals surface area contributed by atoms with Crippen LogP contribution in [-0.2, 0) is 11.2 Å². The molecule has 8 heteroatoms. The van der Waals surface area contributed by atoms with Gasteiger partial charge < -0.3 is 4.74 Å². The quantitative estimate of drug-likeness (QED) is 0.391. The van der Waals surface area contributed by atoms with E-state index in [2.05, 4.69) is 47.4 Å². The number of esters is 1. The summed E-state index contributed by atoms with van der Waals surface area (Å²) in [6, 6.07) is 13.4. The van der Waals surface area contributed by atoms with Gasteiger partial charge in [-0.25, -0.2) is 9.48 Å². The highest BCUT2D eigenvalue weighted by molar-refractivity contribution is 9.24. The second-order valence-electron chi connectivity index (χ2n) is 5.45. The lowest BCUT2D eigenvalue weighted by molar-refractivity contribution is 0.0525. The van der Waals surface area contributed by atoms with Gasteiger partial charge in [-0.3, -0.25) is 0 Å². The maximum atomic E-state index is 12.3. The lowest BCUT2D eigenvalue weighted by Crippen LogP contribution is -2.10. The molecule has 1 heterocycles. The van der Waals surface area contributed by atoms with Gasteiger partial charge in [-0.2, -0.15) is 0 Å². The standard InChI is InChI=1S/C18H16Br2N4O2/c1-2-26-18(25)13-7-4-3-6-12(13)10-15-14(17(19)20)8-5-9-16(15)24-11-21-22-23-24/h3-9,11,17H,2,10H2,1H3. The predicted molar refractivity (Wildman–Crippen MR) is 105 cm³/mol. The molecule has 3 rings (SSSR count). The van der Waals surface area contributed by atoms with Crippen molar-refractivity contribution in [3.8, 4) is 5.69 Å². The molecular weight excluding hydrogens is 464 g/mol. The van der Waals surface area contributed by atoms with Crippen molar-refractivity contribution in [1.29, 1.82) is 0 Å². The number of hydrogen-bond acceptors (Lipinski definition) is 5. The average molecular weight is 480 g/mol. The van der Waals surface area contributed by atoms with Crippen LogP contribution < -0.4 is 0 Å². The maximum Gasteiger partial charge on any atom is 0.338 e. The molecule has 134 valence electrons. The van der Waals surface area contributed by atoms with Crippen LogP contribution in [0, 0.1) is 0 Å². The summed E-state index contributed by atoms with van der Waals surface area (Å²) in [5, 5.41) is 11.5. The molecule has 0 atom stereocenters. The first-order valence-electron chi connectivity index (χ1n) is 8.00. The van der Waals surface area contributed by atoms with Gasteiger partial charge in [-0.1, -0.05) is 62.2 Å². The molecule has 0 saturated carbocycles. The van der Waals surface area contributed by atoms with Gasteiger partial charge >= 0.3 is 5.97 Å². The third-order valence-electron chi connectivity index (χ3n) is 3.90. The van der Waals surface area contributed by atoms with E-state index < -0.39 is 0 Å². The minimum Gasteiger partial charge on any atom is -0.462 e. The zero-order valence-electron chi connectivity index (χ0n) is 14.0. The van der Waals surface area contributed by atoms with Crippen LogP contribution in [0.4, 0.5) is 0 Å². The summed E-state index contributed by atoms with van der Waals surface area (Å²) in [6.07, 6.45) is 2.09. The van der Waals surface area contributed by atoms with E-state index in [1.54, 1.807) is 24.0 Å². The molecule has 0 bridgehead atoms. The van der Waals surface area contributed by atoms with E-state index in [4.69, 9.17) is 4.74 Å². The van der Waals surface area contributed by atoms with Crippen molar-refractivity contribution in [1.82, 2.24) is 20.2 Å². The van der Waals surface area contributed by atoms with E-state index >= 15 is 0 Å². The van der Waals surface area contributed by atoms with E-state index in [1.807, 2.05) is 36.4 Å². The molecule has 0 aliphatic heterocycles. The van der Waals surface area contributed by atoms with Gasteiger partial charge in [0.2, 0.25) is 0 Å². The molecule has 0 N–H and O–H groups in total. The number of aromatic nitrogens is 4. The van der Waals surface area contributed by atoms with E-state index in [9.17, 15) is 4.79 Å². The summed E-state index contributed by atoms with van der Waals surface area (Å²) >= 11 is 7.16. The number of carbonyl (C=O) groups is 1. The van der Waals surface area contributed by atoms with Gasteiger partial charge in [0, 0.05) is 6.42 Å². The highest BCUT2D eigenvalue weighted by Gasteiger charge is 2.19. The van der Waals surface area contributed by atoms with Crippen LogP contribution in [0.15, 0.2) is 48.8 Å². The van der Waals surface area contributed by atoms with E-state index in [1.165, 1.54) is 0 Å². The van der Waals surface area contributed by atoms with E-state index in [0.29, 0.717) is 18.6 Å². The fraction of sp³-hybridized carbons (Fsp3) is 0.222. The topological polar surface area (TPSA) is 69.9 Å². The Hall–Kier alpha value is -2.06. The summed E-state index contributed by atoms with van der Waals surface area (Å²) in [5.74, 6) is -0.321. The van der Waals surface area contributed by atoms with Gasteiger partial charge in [0.15, 0.2) is 0 Å². The number of hydrogen-bond donors (Lipinski definition) is 0. The van der Waals surface area contributed by atoms with Crippen LogP contribution in [0.5, 0.6) is 0 Å². The summed E-state index contributed by atoms with van der Waals surface area (Å²) in [5.41, 5.74) is 4.35. The molecule has 0 amide bonds. The number of tetrazole rings is 1. The fourth-order valence-electron chi connectivity index (χ4n) is 2.75.